The van der Waals surface area contributed by atoms with Crippen LogP contribution < -0.4 is 5.73 Å². The molecule has 0 amide bonds. The molecule has 0 radical (unpaired) electrons. The van der Waals surface area contributed by atoms with Gasteiger partial charge in [0.15, 0.2) is 0 Å². The number of hydrogen-bond acceptors (Lipinski definition) is 3. The predicted octanol–water partition coefficient (Wildman–Crippen LogP) is 1.91. The lowest BCUT2D eigenvalue weighted by Gasteiger charge is -2.12. The monoisotopic (exact) mass is 309 g/mol. The molecule has 1 unspecified atom stereocenters. The summed E-state index contributed by atoms with van der Waals surface area (Å²) in [5.41, 5.74) is 6.10. The maximum atomic E-state index is 9.56. The summed E-state index contributed by atoms with van der Waals surface area (Å²) < 4.78 is 1.36. The second kappa shape index (κ2) is 4.41. The van der Waals surface area contributed by atoms with E-state index in [1.54, 1.807) is 12.1 Å². The Morgan fingerprint density at radius 1 is 1.38 bits per heavy atom. The Kier molecular flexibility index (Phi) is 3.73. The zero-order valence-corrected chi connectivity index (χ0v) is 9.84. The van der Waals surface area contributed by atoms with Gasteiger partial charge in [-0.05, 0) is 28.1 Å². The van der Waals surface area contributed by atoms with Gasteiger partial charge in [0.1, 0.15) is 5.75 Å². The third-order valence-electron chi connectivity index (χ3n) is 1.65. The van der Waals surface area contributed by atoms with E-state index in [2.05, 4.69) is 31.9 Å². The Morgan fingerprint density at radius 2 is 2.00 bits per heavy atom. The fraction of sp³-hybridized carbons (Fsp3) is 0.250. The number of hydrogen-bond donors (Lipinski definition) is 3. The minimum atomic E-state index is -0.561. The van der Waals surface area contributed by atoms with Crippen molar-refractivity contribution in [3.63, 3.8) is 0 Å². The normalized spacial score (nSPS) is 12.9. The summed E-state index contributed by atoms with van der Waals surface area (Å²) in [4.78, 5) is 0. The Labute approximate surface area is 92.8 Å². The number of benzene rings is 1. The zero-order valence-electron chi connectivity index (χ0n) is 6.67. The van der Waals surface area contributed by atoms with E-state index in [0.29, 0.717) is 10.0 Å². The Morgan fingerprint density at radius 3 is 2.54 bits per heavy atom. The van der Waals surface area contributed by atoms with Crippen LogP contribution in [-0.2, 0) is 0 Å². The molecule has 1 atom stereocenters. The van der Waals surface area contributed by atoms with E-state index in [9.17, 15) is 5.11 Å². The van der Waals surface area contributed by atoms with Gasteiger partial charge in [0.2, 0.25) is 0 Å². The number of rotatable bonds is 2. The molecule has 1 aromatic carbocycles. The van der Waals surface area contributed by atoms with Gasteiger partial charge in [-0.3, -0.25) is 0 Å². The summed E-state index contributed by atoms with van der Waals surface area (Å²) in [5.74, 6) is 0.0738. The van der Waals surface area contributed by atoms with Crippen LogP contribution in [0.2, 0.25) is 0 Å². The third kappa shape index (κ3) is 2.43. The van der Waals surface area contributed by atoms with Crippen LogP contribution in [-0.4, -0.2) is 16.8 Å². The van der Waals surface area contributed by atoms with E-state index >= 15 is 0 Å². The van der Waals surface area contributed by atoms with Crippen LogP contribution in [0, 0.1) is 0 Å². The van der Waals surface area contributed by atoms with Crippen molar-refractivity contribution in [2.24, 2.45) is 5.73 Å². The summed E-state index contributed by atoms with van der Waals surface area (Å²) in [5, 5.41) is 18.4. The second-order valence-corrected chi connectivity index (χ2v) is 4.38. The van der Waals surface area contributed by atoms with Gasteiger partial charge in [0.05, 0.1) is 17.1 Å². The van der Waals surface area contributed by atoms with E-state index in [1.807, 2.05) is 0 Å². The first kappa shape index (κ1) is 11.0. The molecule has 1 aromatic rings. The van der Waals surface area contributed by atoms with Crippen molar-refractivity contribution in [1.29, 1.82) is 0 Å². The van der Waals surface area contributed by atoms with Crippen LogP contribution in [0.1, 0.15) is 11.6 Å². The van der Waals surface area contributed by atoms with E-state index in [1.165, 1.54) is 0 Å². The standard InChI is InChI=1S/C8H9Br2NO2/c9-4-1-5(7(11)3-12)8(13)6(10)2-4/h1-2,7,12-13H,3,11H2. The van der Waals surface area contributed by atoms with Crippen LogP contribution in [0.5, 0.6) is 5.75 Å². The minimum absolute atomic E-state index is 0.0738. The number of aromatic hydroxyl groups is 1. The van der Waals surface area contributed by atoms with Crippen molar-refractivity contribution in [2.45, 2.75) is 6.04 Å². The molecule has 0 fully saturated rings. The highest BCUT2D eigenvalue weighted by Gasteiger charge is 2.13. The molecular formula is C8H9Br2NO2. The molecule has 0 aliphatic heterocycles. The van der Waals surface area contributed by atoms with E-state index < -0.39 is 6.04 Å². The largest absolute Gasteiger partial charge is 0.506 e. The molecule has 0 aliphatic carbocycles. The molecule has 0 saturated carbocycles. The van der Waals surface area contributed by atoms with E-state index in [-0.39, 0.29) is 12.4 Å². The Hall–Kier alpha value is -0.100. The average molecular weight is 311 g/mol. The van der Waals surface area contributed by atoms with Crippen LogP contribution in [0.4, 0.5) is 0 Å². The first-order valence-electron chi connectivity index (χ1n) is 3.60. The number of phenols is 1. The molecule has 72 valence electrons. The molecular weight excluding hydrogens is 302 g/mol. The summed E-state index contributed by atoms with van der Waals surface area (Å²) in [6.45, 7) is -0.198. The van der Waals surface area contributed by atoms with Gasteiger partial charge in [0.25, 0.3) is 0 Å². The minimum Gasteiger partial charge on any atom is -0.506 e. The summed E-state index contributed by atoms with van der Waals surface area (Å²) in [6.07, 6.45) is 0. The molecule has 0 aromatic heterocycles. The van der Waals surface area contributed by atoms with Gasteiger partial charge in [-0.1, -0.05) is 15.9 Å². The number of aliphatic hydroxyl groups excluding tert-OH is 1. The number of halogens is 2. The Balaban J connectivity index is 3.20. The van der Waals surface area contributed by atoms with Gasteiger partial charge in [0, 0.05) is 10.0 Å². The lowest BCUT2D eigenvalue weighted by molar-refractivity contribution is 0.265. The van der Waals surface area contributed by atoms with Gasteiger partial charge in [-0.25, -0.2) is 0 Å². The van der Waals surface area contributed by atoms with Gasteiger partial charge in [-0.15, -0.1) is 0 Å². The first-order chi connectivity index (χ1) is 6.06. The smallest absolute Gasteiger partial charge is 0.134 e. The molecule has 4 N–H and O–H groups in total. The third-order valence-corrected chi connectivity index (χ3v) is 2.72. The van der Waals surface area contributed by atoms with Crippen molar-refractivity contribution < 1.29 is 10.2 Å². The quantitative estimate of drug-likeness (QED) is 0.782. The van der Waals surface area contributed by atoms with Gasteiger partial charge in [-0.2, -0.15) is 0 Å². The van der Waals surface area contributed by atoms with Crippen LogP contribution in [0.25, 0.3) is 0 Å². The summed E-state index contributed by atoms with van der Waals surface area (Å²) >= 11 is 6.44. The van der Waals surface area contributed by atoms with Crippen LogP contribution in [0.15, 0.2) is 21.1 Å². The van der Waals surface area contributed by atoms with Crippen LogP contribution >= 0.6 is 31.9 Å². The lowest BCUT2D eigenvalue weighted by atomic mass is 10.1. The molecule has 0 heterocycles. The molecule has 0 aliphatic rings. The van der Waals surface area contributed by atoms with E-state index in [0.717, 1.165) is 4.47 Å². The topological polar surface area (TPSA) is 66.5 Å². The highest BCUT2D eigenvalue weighted by molar-refractivity contribution is 9.11. The number of phenolic OH excluding ortho intramolecular Hbond substituents is 1. The number of nitrogens with two attached hydrogens (primary N) is 1. The highest BCUT2D eigenvalue weighted by atomic mass is 79.9. The lowest BCUT2D eigenvalue weighted by Crippen LogP contribution is -2.14. The van der Waals surface area contributed by atoms with Gasteiger partial charge >= 0.3 is 0 Å². The second-order valence-electron chi connectivity index (χ2n) is 2.61. The molecule has 13 heavy (non-hydrogen) atoms. The highest BCUT2D eigenvalue weighted by Crippen LogP contribution is 2.34. The molecule has 0 saturated heterocycles. The first-order valence-corrected chi connectivity index (χ1v) is 5.19. The van der Waals surface area contributed by atoms with Crippen molar-refractivity contribution in [3.8, 4) is 5.75 Å². The average Bonchev–Trinajstić information content (AvgIpc) is 2.10. The molecule has 3 nitrogen and oxygen atoms in total. The van der Waals surface area contributed by atoms with Crippen LogP contribution in [0.3, 0.4) is 0 Å². The molecule has 1 rings (SSSR count). The fourth-order valence-corrected chi connectivity index (χ4v) is 2.23. The molecule has 0 bridgehead atoms. The van der Waals surface area contributed by atoms with Crippen molar-refractivity contribution >= 4 is 31.9 Å². The van der Waals surface area contributed by atoms with Gasteiger partial charge < -0.3 is 15.9 Å². The zero-order chi connectivity index (χ0) is 10.0. The summed E-state index contributed by atoms with van der Waals surface area (Å²) in [6, 6.07) is 2.83. The summed E-state index contributed by atoms with van der Waals surface area (Å²) in [7, 11) is 0. The van der Waals surface area contributed by atoms with Crippen molar-refractivity contribution in [1.82, 2.24) is 0 Å². The van der Waals surface area contributed by atoms with Crippen molar-refractivity contribution in [2.75, 3.05) is 6.61 Å². The maximum Gasteiger partial charge on any atom is 0.134 e. The molecule has 0 spiro atoms. The predicted molar refractivity (Wildman–Crippen MR) is 57.5 cm³/mol. The fourth-order valence-electron chi connectivity index (χ4n) is 0.967. The molecule has 5 heteroatoms. The maximum absolute atomic E-state index is 9.56. The SMILES string of the molecule is NC(CO)c1cc(Br)cc(Br)c1O. The van der Waals surface area contributed by atoms with E-state index in [4.69, 9.17) is 10.8 Å². The Bertz CT molecular complexity index is 317. The number of aliphatic hydroxyl groups is 1. The van der Waals surface area contributed by atoms with Crippen molar-refractivity contribution in [3.05, 3.63) is 26.6 Å².